The van der Waals surface area contributed by atoms with E-state index in [2.05, 4.69) is 22.6 Å². The highest BCUT2D eigenvalue weighted by Gasteiger charge is 2.10. The Morgan fingerprint density at radius 2 is 1.36 bits per heavy atom. The van der Waals surface area contributed by atoms with Gasteiger partial charge < -0.3 is 5.73 Å². The van der Waals surface area contributed by atoms with Crippen molar-refractivity contribution >= 4 is 22.6 Å². The minimum absolute atomic E-state index is 0.820. The zero-order valence-electron chi connectivity index (χ0n) is 9.18. The largest absolute Gasteiger partial charge is 0.330 e. The molecule has 0 amide bonds. The summed E-state index contributed by atoms with van der Waals surface area (Å²) >= 11 is 2.63. The molecule has 0 aromatic heterocycles. The van der Waals surface area contributed by atoms with Crippen LogP contribution in [0.5, 0.6) is 0 Å². The van der Waals surface area contributed by atoms with Crippen LogP contribution in [0.2, 0.25) is 0 Å². The maximum absolute atomic E-state index is 5.78. The first-order chi connectivity index (χ1) is 6.83. The van der Waals surface area contributed by atoms with Crippen LogP contribution in [-0.4, -0.2) is 10.5 Å². The number of alkyl halides is 1. The fraction of sp³-hybridized carbons (Fsp3) is 1.00. The van der Waals surface area contributed by atoms with Gasteiger partial charge in [-0.05, 0) is 38.1 Å². The summed E-state index contributed by atoms with van der Waals surface area (Å²) in [6.45, 7) is 0.910. The molecule has 1 fully saturated rings. The Kier molecular flexibility index (Phi) is 7.21. The lowest BCUT2D eigenvalue weighted by atomic mass is 9.96. The first-order valence-electron chi connectivity index (χ1n) is 6.17. The zero-order chi connectivity index (χ0) is 10.2. The molecule has 0 radical (unpaired) electrons. The maximum atomic E-state index is 5.78. The highest BCUT2D eigenvalue weighted by molar-refractivity contribution is 14.1. The summed E-state index contributed by atoms with van der Waals surface area (Å²) in [6, 6.07) is 0. The zero-order valence-corrected chi connectivity index (χ0v) is 11.3. The Labute approximate surface area is 102 Å². The Morgan fingerprint density at radius 1 is 0.857 bits per heavy atom. The number of hydrogen-bond acceptors (Lipinski definition) is 1. The van der Waals surface area contributed by atoms with Gasteiger partial charge in [-0.1, -0.05) is 54.7 Å². The summed E-state index contributed by atoms with van der Waals surface area (Å²) in [5, 5.41) is 0. The van der Waals surface area contributed by atoms with Crippen molar-refractivity contribution in [3.8, 4) is 0 Å². The predicted molar refractivity (Wildman–Crippen MR) is 71.9 cm³/mol. The standard InChI is InChI=1S/C12H24IN/c13-12-8-3-1-2-6-11(10-14)7-4-5-9-12/h11-12H,1-10,14H2. The van der Waals surface area contributed by atoms with Gasteiger partial charge in [-0.25, -0.2) is 0 Å². The highest BCUT2D eigenvalue weighted by atomic mass is 127. The van der Waals surface area contributed by atoms with Crippen LogP contribution in [0, 0.1) is 5.92 Å². The molecule has 0 heterocycles. The Hall–Kier alpha value is 0.690. The van der Waals surface area contributed by atoms with Crippen molar-refractivity contribution in [3.05, 3.63) is 0 Å². The average molecular weight is 309 g/mol. The smallest absolute Gasteiger partial charge is 0.0110 e. The van der Waals surface area contributed by atoms with Gasteiger partial charge >= 0.3 is 0 Å². The van der Waals surface area contributed by atoms with Crippen molar-refractivity contribution in [3.63, 3.8) is 0 Å². The van der Waals surface area contributed by atoms with Gasteiger partial charge in [0.2, 0.25) is 0 Å². The first kappa shape index (κ1) is 12.8. The second kappa shape index (κ2) is 7.91. The fourth-order valence-electron chi connectivity index (χ4n) is 2.30. The molecule has 14 heavy (non-hydrogen) atoms. The van der Waals surface area contributed by atoms with Crippen LogP contribution >= 0.6 is 22.6 Å². The van der Waals surface area contributed by atoms with Crippen LogP contribution in [0.4, 0.5) is 0 Å². The fourth-order valence-corrected chi connectivity index (χ4v) is 3.18. The SMILES string of the molecule is NCC1CCCCCC(I)CCCC1. The quantitative estimate of drug-likeness (QED) is 0.577. The van der Waals surface area contributed by atoms with Gasteiger partial charge in [0.05, 0.1) is 0 Å². The Bertz CT molecular complexity index is 138. The van der Waals surface area contributed by atoms with E-state index in [1.807, 2.05) is 0 Å². The molecule has 1 aliphatic carbocycles. The third-order valence-corrected chi connectivity index (χ3v) is 4.59. The van der Waals surface area contributed by atoms with Crippen molar-refractivity contribution in [1.82, 2.24) is 0 Å². The molecule has 1 aliphatic rings. The van der Waals surface area contributed by atoms with E-state index < -0.39 is 0 Å². The van der Waals surface area contributed by atoms with Crippen LogP contribution in [0.3, 0.4) is 0 Å². The van der Waals surface area contributed by atoms with Crippen LogP contribution in [0.15, 0.2) is 0 Å². The molecule has 2 atom stereocenters. The first-order valence-corrected chi connectivity index (χ1v) is 7.41. The van der Waals surface area contributed by atoms with Gasteiger partial charge in [-0.2, -0.15) is 0 Å². The Balaban J connectivity index is 2.26. The lowest BCUT2D eigenvalue weighted by Crippen LogP contribution is -2.14. The molecule has 0 spiro atoms. The molecule has 2 N–H and O–H groups in total. The molecule has 1 nitrogen and oxygen atoms in total. The molecule has 2 unspecified atom stereocenters. The van der Waals surface area contributed by atoms with Crippen molar-refractivity contribution in [2.75, 3.05) is 6.54 Å². The second-order valence-electron chi connectivity index (χ2n) is 4.62. The highest BCUT2D eigenvalue weighted by Crippen LogP contribution is 2.23. The predicted octanol–water partition coefficient (Wildman–Crippen LogP) is 3.89. The molecular weight excluding hydrogens is 285 g/mol. The third-order valence-electron chi connectivity index (χ3n) is 3.34. The molecule has 0 saturated heterocycles. The topological polar surface area (TPSA) is 26.0 Å². The van der Waals surface area contributed by atoms with Gasteiger partial charge in [0, 0.05) is 3.92 Å². The molecule has 2 heteroatoms. The van der Waals surface area contributed by atoms with Gasteiger partial charge in [-0.3, -0.25) is 0 Å². The van der Waals surface area contributed by atoms with E-state index in [1.54, 1.807) is 0 Å². The van der Waals surface area contributed by atoms with E-state index in [9.17, 15) is 0 Å². The van der Waals surface area contributed by atoms with E-state index in [0.29, 0.717) is 0 Å². The Morgan fingerprint density at radius 3 is 2.00 bits per heavy atom. The second-order valence-corrected chi connectivity index (χ2v) is 6.38. The van der Waals surface area contributed by atoms with Gasteiger partial charge in [0.25, 0.3) is 0 Å². The molecule has 0 aromatic carbocycles. The number of rotatable bonds is 1. The molecule has 1 rings (SSSR count). The average Bonchev–Trinajstić information content (AvgIpc) is 2.23. The monoisotopic (exact) mass is 309 g/mol. The summed E-state index contributed by atoms with van der Waals surface area (Å²) < 4.78 is 0.932. The minimum atomic E-state index is 0.820. The van der Waals surface area contributed by atoms with E-state index >= 15 is 0 Å². The summed E-state index contributed by atoms with van der Waals surface area (Å²) in [7, 11) is 0. The lowest BCUT2D eigenvalue weighted by Gasteiger charge is -2.13. The molecule has 0 bridgehead atoms. The number of nitrogens with two attached hydrogens (primary N) is 1. The summed E-state index contributed by atoms with van der Waals surface area (Å²) in [5.41, 5.74) is 5.78. The van der Waals surface area contributed by atoms with Crippen molar-refractivity contribution < 1.29 is 0 Å². The van der Waals surface area contributed by atoms with E-state index in [4.69, 9.17) is 5.73 Å². The van der Waals surface area contributed by atoms with E-state index in [0.717, 1.165) is 16.4 Å². The van der Waals surface area contributed by atoms with E-state index in [-0.39, 0.29) is 0 Å². The summed E-state index contributed by atoms with van der Waals surface area (Å²) in [5.74, 6) is 0.820. The van der Waals surface area contributed by atoms with Crippen LogP contribution < -0.4 is 5.73 Å². The van der Waals surface area contributed by atoms with Gasteiger partial charge in [-0.15, -0.1) is 0 Å². The third kappa shape index (κ3) is 5.54. The molecule has 84 valence electrons. The minimum Gasteiger partial charge on any atom is -0.330 e. The lowest BCUT2D eigenvalue weighted by molar-refractivity contribution is 0.423. The molecule has 1 saturated carbocycles. The number of halogens is 1. The van der Waals surface area contributed by atoms with Crippen molar-refractivity contribution in [2.45, 2.75) is 61.7 Å². The molecule has 0 aliphatic heterocycles. The van der Waals surface area contributed by atoms with Gasteiger partial charge in [0.1, 0.15) is 0 Å². The normalized spacial score (nSPS) is 32.1. The van der Waals surface area contributed by atoms with Crippen LogP contribution in [0.25, 0.3) is 0 Å². The van der Waals surface area contributed by atoms with Crippen molar-refractivity contribution in [2.24, 2.45) is 11.7 Å². The summed E-state index contributed by atoms with van der Waals surface area (Å²) in [6.07, 6.45) is 12.7. The molecular formula is C12H24IN. The van der Waals surface area contributed by atoms with E-state index in [1.165, 1.54) is 57.8 Å². The number of hydrogen-bond donors (Lipinski definition) is 1. The molecule has 0 aromatic rings. The van der Waals surface area contributed by atoms with Crippen LogP contribution in [0.1, 0.15) is 57.8 Å². The summed E-state index contributed by atoms with van der Waals surface area (Å²) in [4.78, 5) is 0. The van der Waals surface area contributed by atoms with Gasteiger partial charge in [0.15, 0.2) is 0 Å². The maximum Gasteiger partial charge on any atom is 0.0110 e. The van der Waals surface area contributed by atoms with Crippen LogP contribution in [-0.2, 0) is 0 Å². The van der Waals surface area contributed by atoms with Crippen molar-refractivity contribution in [1.29, 1.82) is 0 Å².